The van der Waals surface area contributed by atoms with Crippen molar-refractivity contribution in [1.82, 2.24) is 9.78 Å². The number of anilines is 2. The van der Waals surface area contributed by atoms with Gasteiger partial charge in [-0.2, -0.15) is 0 Å². The Hall–Kier alpha value is -3.72. The third kappa shape index (κ3) is 9.89. The van der Waals surface area contributed by atoms with E-state index in [1.807, 2.05) is 13.0 Å². The number of nitrogens with one attached hydrogen (secondary N) is 3. The van der Waals surface area contributed by atoms with Gasteiger partial charge in [-0.15, -0.1) is 0 Å². The molecule has 8 nitrogen and oxygen atoms in total. The molecule has 11 heteroatoms. The SMILES string of the molecule is CCCCCc1ccc(OC(CC)C(=O)Nc2cccc(C(=O)Nc3cc(=O)n(-c4c(Cl)cc(Cl)cc4Cl)[nH]3)c2)c(CCCCC)c1. The van der Waals surface area contributed by atoms with Gasteiger partial charge in [0.25, 0.3) is 17.4 Å². The predicted molar refractivity (Wildman–Crippen MR) is 192 cm³/mol. The number of benzene rings is 3. The zero-order valence-corrected chi connectivity index (χ0v) is 29.2. The Morgan fingerprint density at radius 1 is 0.851 bits per heavy atom. The molecule has 0 aliphatic rings. The Bertz CT molecular complexity index is 1730. The quantitative estimate of drug-likeness (QED) is 0.101. The van der Waals surface area contributed by atoms with E-state index in [-0.39, 0.29) is 33.0 Å². The highest BCUT2D eigenvalue weighted by atomic mass is 35.5. The number of hydrogen-bond donors (Lipinski definition) is 3. The number of halogens is 3. The summed E-state index contributed by atoms with van der Waals surface area (Å²) in [7, 11) is 0. The smallest absolute Gasteiger partial charge is 0.273 e. The van der Waals surface area contributed by atoms with Crippen LogP contribution in [0.2, 0.25) is 15.1 Å². The van der Waals surface area contributed by atoms with Gasteiger partial charge < -0.3 is 15.4 Å². The average Bonchev–Trinajstić information content (AvgIpc) is 3.39. The first-order valence-electron chi connectivity index (χ1n) is 16.1. The number of aryl methyl sites for hydroxylation is 2. The average molecular weight is 700 g/mol. The van der Waals surface area contributed by atoms with E-state index >= 15 is 0 Å². The molecule has 3 N–H and O–H groups in total. The summed E-state index contributed by atoms with van der Waals surface area (Å²) in [5, 5.41) is 9.01. The van der Waals surface area contributed by atoms with Gasteiger partial charge in [0.1, 0.15) is 17.3 Å². The Morgan fingerprint density at radius 3 is 2.23 bits per heavy atom. The summed E-state index contributed by atoms with van der Waals surface area (Å²) in [5.74, 6) is 0.0521. The number of H-pyrrole nitrogens is 1. The first kappa shape index (κ1) is 36.1. The summed E-state index contributed by atoms with van der Waals surface area (Å²) in [5.41, 5.74) is 2.84. The molecule has 4 rings (SSSR count). The molecule has 1 aromatic heterocycles. The van der Waals surface area contributed by atoms with E-state index in [0.29, 0.717) is 17.1 Å². The first-order valence-corrected chi connectivity index (χ1v) is 17.2. The maximum atomic E-state index is 13.4. The fraction of sp³-hybridized carbons (Fsp3) is 0.361. The van der Waals surface area contributed by atoms with E-state index in [1.54, 1.807) is 24.3 Å². The van der Waals surface area contributed by atoms with Crippen LogP contribution in [0, 0.1) is 0 Å². The maximum Gasteiger partial charge on any atom is 0.273 e. The van der Waals surface area contributed by atoms with E-state index < -0.39 is 17.6 Å². The van der Waals surface area contributed by atoms with Gasteiger partial charge in [0.15, 0.2) is 6.10 Å². The van der Waals surface area contributed by atoms with Crippen LogP contribution in [-0.4, -0.2) is 27.7 Å². The van der Waals surface area contributed by atoms with Gasteiger partial charge in [-0.25, -0.2) is 4.68 Å². The molecule has 0 radical (unpaired) electrons. The molecule has 2 amide bonds. The Labute approximate surface area is 290 Å². The molecule has 1 heterocycles. The molecule has 0 aliphatic heterocycles. The highest BCUT2D eigenvalue weighted by molar-refractivity contribution is 6.40. The number of hydrogen-bond acceptors (Lipinski definition) is 4. The number of carbonyl (C=O) groups excluding carboxylic acids is 2. The summed E-state index contributed by atoms with van der Waals surface area (Å²) in [6.07, 6.45) is 8.52. The number of nitrogens with zero attached hydrogens (tertiary/aromatic N) is 1. The number of ether oxygens (including phenoxy) is 1. The monoisotopic (exact) mass is 698 g/mol. The van der Waals surface area contributed by atoms with Crippen molar-refractivity contribution in [3.05, 3.63) is 103 Å². The molecule has 0 fully saturated rings. The molecular weight excluding hydrogens is 659 g/mol. The van der Waals surface area contributed by atoms with Crippen molar-refractivity contribution in [3.8, 4) is 11.4 Å². The van der Waals surface area contributed by atoms with Crippen molar-refractivity contribution >= 4 is 58.1 Å². The van der Waals surface area contributed by atoms with Crippen molar-refractivity contribution in [3.63, 3.8) is 0 Å². The number of amides is 2. The van der Waals surface area contributed by atoms with Crippen molar-refractivity contribution in [1.29, 1.82) is 0 Å². The van der Waals surface area contributed by atoms with E-state index in [4.69, 9.17) is 39.5 Å². The lowest BCUT2D eigenvalue weighted by Crippen LogP contribution is -2.32. The zero-order valence-electron chi connectivity index (χ0n) is 26.9. The minimum atomic E-state index is -0.722. The van der Waals surface area contributed by atoms with Gasteiger partial charge in [0.2, 0.25) is 0 Å². The fourth-order valence-corrected chi connectivity index (χ4v) is 6.23. The molecule has 0 saturated heterocycles. The highest BCUT2D eigenvalue weighted by Gasteiger charge is 2.21. The van der Waals surface area contributed by atoms with Gasteiger partial charge in [-0.3, -0.25) is 19.5 Å². The van der Waals surface area contributed by atoms with Crippen LogP contribution in [0.4, 0.5) is 11.5 Å². The van der Waals surface area contributed by atoms with Crippen LogP contribution in [0.5, 0.6) is 5.75 Å². The van der Waals surface area contributed by atoms with Crippen molar-refractivity contribution < 1.29 is 14.3 Å². The van der Waals surface area contributed by atoms with Gasteiger partial charge in [-0.1, -0.05) is 99.5 Å². The molecule has 0 spiro atoms. The minimum absolute atomic E-state index is 0.127. The summed E-state index contributed by atoms with van der Waals surface area (Å²) in [4.78, 5) is 39.2. The lowest BCUT2D eigenvalue weighted by atomic mass is 10.00. The van der Waals surface area contributed by atoms with Gasteiger partial charge >= 0.3 is 0 Å². The van der Waals surface area contributed by atoms with Crippen molar-refractivity contribution in [2.24, 2.45) is 0 Å². The summed E-state index contributed by atoms with van der Waals surface area (Å²) in [6.45, 7) is 6.29. The standard InChI is InChI=1S/C36H41Cl3N4O4/c1-4-7-9-12-23-16-17-31(24(18-23)13-10-8-5-2)47-30(6-3)36(46)40-27-15-11-14-25(19-27)35(45)41-32-22-33(44)43(42-32)34-28(38)20-26(37)21-29(34)39/h11,14-22,30,42H,4-10,12-13H2,1-3H3,(H,40,46)(H,41,45). The van der Waals surface area contributed by atoms with Crippen LogP contribution >= 0.6 is 34.8 Å². The van der Waals surface area contributed by atoms with E-state index in [0.717, 1.165) is 54.5 Å². The molecule has 4 aromatic rings. The number of carbonyl (C=O) groups is 2. The highest BCUT2D eigenvalue weighted by Crippen LogP contribution is 2.31. The summed E-state index contributed by atoms with van der Waals surface area (Å²) < 4.78 is 7.44. The van der Waals surface area contributed by atoms with Crippen molar-refractivity contribution in [2.45, 2.75) is 84.7 Å². The largest absolute Gasteiger partial charge is 0.480 e. The second-order valence-electron chi connectivity index (χ2n) is 11.5. The zero-order chi connectivity index (χ0) is 33.9. The molecule has 1 atom stereocenters. The number of rotatable bonds is 16. The number of unbranched alkanes of at least 4 members (excludes halogenated alkanes) is 4. The predicted octanol–water partition coefficient (Wildman–Crippen LogP) is 9.64. The van der Waals surface area contributed by atoms with Gasteiger partial charge in [0.05, 0.1) is 10.0 Å². The van der Waals surface area contributed by atoms with E-state index in [2.05, 4.69) is 41.7 Å². The van der Waals surface area contributed by atoms with Crippen LogP contribution in [0.25, 0.3) is 5.69 Å². The minimum Gasteiger partial charge on any atom is -0.480 e. The number of aromatic amines is 1. The maximum absolute atomic E-state index is 13.4. The molecule has 1 unspecified atom stereocenters. The Kier molecular flexibility index (Phi) is 13.4. The molecule has 0 bridgehead atoms. The normalized spacial score (nSPS) is 11.7. The molecule has 250 valence electrons. The third-order valence-corrected chi connectivity index (χ3v) is 8.54. The van der Waals surface area contributed by atoms with Crippen LogP contribution in [0.1, 0.15) is 87.2 Å². The lowest BCUT2D eigenvalue weighted by molar-refractivity contribution is -0.122. The second-order valence-corrected chi connectivity index (χ2v) is 12.7. The van der Waals surface area contributed by atoms with Gasteiger partial charge in [-0.05, 0) is 79.6 Å². The summed E-state index contributed by atoms with van der Waals surface area (Å²) >= 11 is 18.5. The number of aromatic nitrogens is 2. The molecule has 0 saturated carbocycles. The van der Waals surface area contributed by atoms with Crippen LogP contribution in [0.3, 0.4) is 0 Å². The first-order chi connectivity index (χ1) is 22.6. The fourth-order valence-electron chi connectivity index (χ4n) is 5.25. The lowest BCUT2D eigenvalue weighted by Gasteiger charge is -2.20. The van der Waals surface area contributed by atoms with Crippen LogP contribution < -0.4 is 20.9 Å². The molecule has 3 aromatic carbocycles. The topological polar surface area (TPSA) is 105 Å². The Morgan fingerprint density at radius 2 is 1.55 bits per heavy atom. The summed E-state index contributed by atoms with van der Waals surface area (Å²) in [6, 6.07) is 17.0. The molecule has 47 heavy (non-hydrogen) atoms. The van der Waals surface area contributed by atoms with E-state index in [1.165, 1.54) is 36.6 Å². The second kappa shape index (κ2) is 17.4. The molecular formula is C36H41Cl3N4O4. The van der Waals surface area contributed by atoms with Crippen LogP contribution in [-0.2, 0) is 17.6 Å². The molecule has 0 aliphatic carbocycles. The third-order valence-electron chi connectivity index (χ3n) is 7.74. The van der Waals surface area contributed by atoms with E-state index in [9.17, 15) is 14.4 Å². The van der Waals surface area contributed by atoms with Gasteiger partial charge in [0, 0.05) is 22.3 Å². The van der Waals surface area contributed by atoms with Crippen LogP contribution in [0.15, 0.2) is 65.5 Å². The Balaban J connectivity index is 1.45. The van der Waals surface area contributed by atoms with Crippen molar-refractivity contribution in [2.75, 3.05) is 10.6 Å².